The van der Waals surface area contributed by atoms with Crippen LogP contribution in [-0.2, 0) is 4.79 Å². The van der Waals surface area contributed by atoms with Gasteiger partial charge in [0.05, 0.1) is 30.6 Å². The average molecular weight is 407 g/mol. The van der Waals surface area contributed by atoms with Crippen molar-refractivity contribution in [1.29, 1.82) is 0 Å². The summed E-state index contributed by atoms with van der Waals surface area (Å²) in [5.41, 5.74) is 1.24. The van der Waals surface area contributed by atoms with E-state index in [2.05, 4.69) is 26.3 Å². The zero-order chi connectivity index (χ0) is 18.0. The van der Waals surface area contributed by atoms with E-state index in [4.69, 9.17) is 4.74 Å². The van der Waals surface area contributed by atoms with Gasteiger partial charge in [-0.25, -0.2) is 0 Å². The number of benzene rings is 1. The molecule has 1 saturated heterocycles. The molecule has 1 atom stereocenters. The molecule has 0 bridgehead atoms. The summed E-state index contributed by atoms with van der Waals surface area (Å²) in [6.45, 7) is 2.69. The van der Waals surface area contributed by atoms with Gasteiger partial charge in [-0.15, -0.1) is 0 Å². The summed E-state index contributed by atoms with van der Waals surface area (Å²) in [6, 6.07) is 5.45. The summed E-state index contributed by atoms with van der Waals surface area (Å²) < 4.78 is 7.76. The maximum Gasteiger partial charge on any atom is 0.255 e. The molecule has 7 nitrogen and oxygen atoms in total. The summed E-state index contributed by atoms with van der Waals surface area (Å²) in [7, 11) is 1.58. The number of hydrogen-bond acceptors (Lipinski definition) is 4. The third-order valence-corrected chi connectivity index (χ3v) is 4.84. The smallest absolute Gasteiger partial charge is 0.255 e. The molecular formula is C17H19BrN4O3. The number of methoxy groups -OCH3 is 1. The van der Waals surface area contributed by atoms with Crippen molar-refractivity contribution < 1.29 is 14.3 Å². The summed E-state index contributed by atoms with van der Waals surface area (Å²) in [5, 5.41) is 7.00. The van der Waals surface area contributed by atoms with Crippen LogP contribution in [0.4, 0.5) is 5.69 Å². The van der Waals surface area contributed by atoms with Crippen LogP contribution in [0.5, 0.6) is 5.75 Å². The predicted octanol–water partition coefficient (Wildman–Crippen LogP) is 2.70. The molecule has 0 aliphatic carbocycles. The second kappa shape index (κ2) is 7.26. The monoisotopic (exact) mass is 406 g/mol. The molecule has 0 radical (unpaired) electrons. The standard InChI is InChI=1S/C17H19BrN4O3/c1-11(23)20-12-8-19-22(9-12)13-5-6-21(10-13)17(24)15-7-14(25-2)3-4-16(15)18/h3-4,7-9,13H,5-6,10H2,1-2H3,(H,20,23). The van der Waals surface area contributed by atoms with Crippen molar-refractivity contribution in [1.82, 2.24) is 14.7 Å². The fourth-order valence-corrected chi connectivity index (χ4v) is 3.33. The number of aromatic nitrogens is 2. The minimum absolute atomic E-state index is 0.0393. The van der Waals surface area contributed by atoms with Gasteiger partial charge in [-0.2, -0.15) is 5.10 Å². The van der Waals surface area contributed by atoms with Crippen LogP contribution in [0, 0.1) is 0 Å². The van der Waals surface area contributed by atoms with Crippen LogP contribution in [0.2, 0.25) is 0 Å². The van der Waals surface area contributed by atoms with Crippen molar-refractivity contribution in [3.05, 3.63) is 40.6 Å². The number of hydrogen-bond donors (Lipinski definition) is 1. The molecule has 1 fully saturated rings. The van der Waals surface area contributed by atoms with Gasteiger partial charge in [-0.3, -0.25) is 14.3 Å². The van der Waals surface area contributed by atoms with Crippen LogP contribution in [0.1, 0.15) is 29.7 Å². The minimum Gasteiger partial charge on any atom is -0.497 e. The second-order valence-electron chi connectivity index (χ2n) is 5.93. The van der Waals surface area contributed by atoms with Crippen LogP contribution in [0.3, 0.4) is 0 Å². The Bertz CT molecular complexity index is 805. The first-order valence-corrected chi connectivity index (χ1v) is 8.72. The Hall–Kier alpha value is -2.35. The van der Waals surface area contributed by atoms with Crippen LogP contribution < -0.4 is 10.1 Å². The van der Waals surface area contributed by atoms with Crippen molar-refractivity contribution in [3.63, 3.8) is 0 Å². The lowest BCUT2D eigenvalue weighted by Gasteiger charge is -2.18. The molecule has 1 N–H and O–H groups in total. The Morgan fingerprint density at radius 2 is 2.20 bits per heavy atom. The highest BCUT2D eigenvalue weighted by Gasteiger charge is 2.29. The molecule has 8 heteroatoms. The van der Waals surface area contributed by atoms with Crippen LogP contribution in [0.15, 0.2) is 35.1 Å². The number of anilines is 1. The molecule has 1 aromatic carbocycles. The van der Waals surface area contributed by atoms with Crippen molar-refractivity contribution >= 4 is 33.4 Å². The maximum atomic E-state index is 12.8. The van der Waals surface area contributed by atoms with Gasteiger partial charge in [0.1, 0.15) is 5.75 Å². The molecule has 132 valence electrons. The fourth-order valence-electron chi connectivity index (χ4n) is 2.91. The highest BCUT2D eigenvalue weighted by atomic mass is 79.9. The van der Waals surface area contributed by atoms with E-state index in [1.807, 2.05) is 11.0 Å². The number of nitrogens with zero attached hydrogens (tertiary/aromatic N) is 3. The number of amides is 2. The van der Waals surface area contributed by atoms with E-state index in [9.17, 15) is 9.59 Å². The topological polar surface area (TPSA) is 76.5 Å². The molecule has 3 rings (SSSR count). The van der Waals surface area contributed by atoms with Crippen LogP contribution >= 0.6 is 15.9 Å². The molecule has 25 heavy (non-hydrogen) atoms. The fraction of sp³-hybridized carbons (Fsp3) is 0.353. The molecule has 0 saturated carbocycles. The Morgan fingerprint density at radius 3 is 2.92 bits per heavy atom. The Kier molecular flexibility index (Phi) is 5.08. The van der Waals surface area contributed by atoms with Crippen LogP contribution in [0.25, 0.3) is 0 Å². The highest BCUT2D eigenvalue weighted by Crippen LogP contribution is 2.28. The van der Waals surface area contributed by atoms with Crippen molar-refractivity contribution in [2.24, 2.45) is 0 Å². The van der Waals surface area contributed by atoms with Crippen molar-refractivity contribution in [2.75, 3.05) is 25.5 Å². The third-order valence-electron chi connectivity index (χ3n) is 4.15. The summed E-state index contributed by atoms with van der Waals surface area (Å²) in [6.07, 6.45) is 4.22. The third kappa shape index (κ3) is 3.84. The molecule has 1 aliphatic rings. The zero-order valence-corrected chi connectivity index (χ0v) is 15.6. The summed E-state index contributed by atoms with van der Waals surface area (Å²) in [4.78, 5) is 25.7. The SMILES string of the molecule is COc1ccc(Br)c(C(=O)N2CCC(n3cc(NC(C)=O)cn3)C2)c1. The van der Waals surface area contributed by atoms with E-state index in [0.29, 0.717) is 30.1 Å². The number of rotatable bonds is 4. The van der Waals surface area contributed by atoms with Gasteiger partial charge in [-0.05, 0) is 40.5 Å². The second-order valence-corrected chi connectivity index (χ2v) is 6.78. The van der Waals surface area contributed by atoms with E-state index >= 15 is 0 Å². The molecule has 2 amide bonds. The lowest BCUT2D eigenvalue weighted by atomic mass is 10.2. The first-order chi connectivity index (χ1) is 12.0. The Balaban J connectivity index is 1.71. The quantitative estimate of drug-likeness (QED) is 0.846. The minimum atomic E-state index is -0.134. The van der Waals surface area contributed by atoms with Gasteiger partial charge in [0.2, 0.25) is 5.91 Å². The predicted molar refractivity (Wildman–Crippen MR) is 96.8 cm³/mol. The first-order valence-electron chi connectivity index (χ1n) is 7.92. The molecule has 1 unspecified atom stereocenters. The molecule has 2 heterocycles. The number of likely N-dealkylation sites (tertiary alicyclic amines) is 1. The van der Waals surface area contributed by atoms with Gasteiger partial charge in [0.25, 0.3) is 5.91 Å². The Labute approximate surface area is 154 Å². The summed E-state index contributed by atoms with van der Waals surface area (Å²) >= 11 is 3.43. The van der Waals surface area contributed by atoms with Crippen molar-refractivity contribution in [2.45, 2.75) is 19.4 Å². The van der Waals surface area contributed by atoms with E-state index in [1.54, 1.807) is 36.3 Å². The van der Waals surface area contributed by atoms with Crippen molar-refractivity contribution in [3.8, 4) is 5.75 Å². The largest absolute Gasteiger partial charge is 0.497 e. The van der Waals surface area contributed by atoms with E-state index < -0.39 is 0 Å². The zero-order valence-electron chi connectivity index (χ0n) is 14.0. The Morgan fingerprint density at radius 1 is 1.40 bits per heavy atom. The maximum absolute atomic E-state index is 12.8. The van der Waals surface area contributed by atoms with Gasteiger partial charge < -0.3 is 15.0 Å². The summed E-state index contributed by atoms with van der Waals surface area (Å²) in [5.74, 6) is 0.475. The number of carbonyl (C=O) groups is 2. The molecule has 1 aromatic heterocycles. The van der Waals surface area contributed by atoms with E-state index in [1.165, 1.54) is 6.92 Å². The molecule has 1 aliphatic heterocycles. The highest BCUT2D eigenvalue weighted by molar-refractivity contribution is 9.10. The van der Waals surface area contributed by atoms with E-state index in [0.717, 1.165) is 10.9 Å². The number of halogens is 1. The molecule has 0 spiro atoms. The number of ether oxygens (including phenoxy) is 1. The lowest BCUT2D eigenvalue weighted by molar-refractivity contribution is -0.114. The lowest BCUT2D eigenvalue weighted by Crippen LogP contribution is -2.29. The van der Waals surface area contributed by atoms with E-state index in [-0.39, 0.29) is 17.9 Å². The van der Waals surface area contributed by atoms with Gasteiger partial charge in [0.15, 0.2) is 0 Å². The van der Waals surface area contributed by atoms with Gasteiger partial charge in [-0.1, -0.05) is 0 Å². The average Bonchev–Trinajstić information content (AvgIpc) is 3.23. The van der Waals surface area contributed by atoms with Crippen LogP contribution in [-0.4, -0.2) is 46.7 Å². The molecule has 2 aromatic rings. The van der Waals surface area contributed by atoms with Gasteiger partial charge >= 0.3 is 0 Å². The number of nitrogens with one attached hydrogen (secondary N) is 1. The molecular weight excluding hydrogens is 388 g/mol. The van der Waals surface area contributed by atoms with Gasteiger partial charge in [0, 0.05) is 30.7 Å². The first kappa shape index (κ1) is 17.5. The normalized spacial score (nSPS) is 16.8. The number of carbonyl (C=O) groups excluding carboxylic acids is 2.